The van der Waals surface area contributed by atoms with Crippen molar-refractivity contribution in [1.29, 1.82) is 0 Å². The fourth-order valence-electron chi connectivity index (χ4n) is 2.52. The lowest BCUT2D eigenvalue weighted by molar-refractivity contribution is 0.0988. The van der Waals surface area contributed by atoms with Crippen molar-refractivity contribution in [3.8, 4) is 0 Å². The van der Waals surface area contributed by atoms with Crippen LogP contribution in [0.4, 0.5) is 24.5 Å². The van der Waals surface area contributed by atoms with E-state index < -0.39 is 23.4 Å². The maximum absolute atomic E-state index is 13.3. The Morgan fingerprint density at radius 3 is 2.48 bits per heavy atom. The number of carbonyl (C=O) groups excluding carboxylic acids is 1. The minimum absolute atomic E-state index is 0.248. The molecule has 0 bridgehead atoms. The largest absolute Gasteiger partial charge is 0.397 e. The van der Waals surface area contributed by atoms with E-state index in [9.17, 15) is 18.0 Å². The molecule has 1 aliphatic rings. The van der Waals surface area contributed by atoms with Crippen molar-refractivity contribution >= 4 is 17.3 Å². The second-order valence-electron chi connectivity index (χ2n) is 4.82. The molecule has 3 rings (SSSR count). The Bertz CT molecular complexity index is 723. The molecule has 0 saturated heterocycles. The zero-order valence-corrected chi connectivity index (χ0v) is 10.9. The smallest absolute Gasteiger partial charge is 0.258 e. The number of nitrogens with zero attached hydrogens (tertiary/aromatic N) is 1. The number of rotatable bonds is 1. The van der Waals surface area contributed by atoms with Crippen LogP contribution in [-0.4, -0.2) is 12.5 Å². The Morgan fingerprint density at radius 2 is 1.81 bits per heavy atom. The summed E-state index contributed by atoms with van der Waals surface area (Å²) in [5, 5.41) is 0. The van der Waals surface area contributed by atoms with Crippen molar-refractivity contribution in [1.82, 2.24) is 0 Å². The lowest BCUT2D eigenvalue weighted by Gasteiger charge is -2.19. The number of fused-ring (bicyclic) bond motifs is 1. The van der Waals surface area contributed by atoms with Crippen LogP contribution in [0.25, 0.3) is 0 Å². The Labute approximate surface area is 118 Å². The monoisotopic (exact) mass is 292 g/mol. The molecule has 0 saturated carbocycles. The Kier molecular flexibility index (Phi) is 3.08. The van der Waals surface area contributed by atoms with Crippen molar-refractivity contribution in [3.63, 3.8) is 0 Å². The predicted molar refractivity (Wildman–Crippen MR) is 72.6 cm³/mol. The van der Waals surface area contributed by atoms with Crippen LogP contribution >= 0.6 is 0 Å². The normalized spacial score (nSPS) is 13.4. The molecule has 1 aliphatic heterocycles. The summed E-state index contributed by atoms with van der Waals surface area (Å²) < 4.78 is 39.5. The first kappa shape index (κ1) is 13.5. The number of nitrogens with two attached hydrogens (primary N) is 1. The highest BCUT2D eigenvalue weighted by molar-refractivity contribution is 6.09. The molecular weight excluding hydrogens is 281 g/mol. The van der Waals surface area contributed by atoms with E-state index in [1.165, 1.54) is 4.90 Å². The number of benzene rings is 2. The quantitative estimate of drug-likeness (QED) is 0.649. The van der Waals surface area contributed by atoms with Crippen molar-refractivity contribution in [2.24, 2.45) is 0 Å². The average Bonchev–Trinajstić information content (AvgIpc) is 2.89. The third kappa shape index (κ3) is 2.12. The number of para-hydroxylation sites is 1. The average molecular weight is 292 g/mol. The zero-order valence-electron chi connectivity index (χ0n) is 10.9. The van der Waals surface area contributed by atoms with Crippen molar-refractivity contribution in [3.05, 3.63) is 58.9 Å². The Morgan fingerprint density at radius 1 is 1.14 bits per heavy atom. The first-order chi connectivity index (χ1) is 9.99. The number of anilines is 2. The summed E-state index contributed by atoms with van der Waals surface area (Å²) in [6.07, 6.45) is 0.609. The molecule has 0 atom stereocenters. The number of nitrogen functional groups attached to an aromatic ring is 1. The summed E-state index contributed by atoms with van der Waals surface area (Å²) in [4.78, 5) is 13.8. The Balaban J connectivity index is 2.03. The highest BCUT2D eigenvalue weighted by Crippen LogP contribution is 2.34. The third-order valence-corrected chi connectivity index (χ3v) is 3.50. The summed E-state index contributed by atoms with van der Waals surface area (Å²) in [6, 6.07) is 6.65. The zero-order chi connectivity index (χ0) is 15.1. The van der Waals surface area contributed by atoms with Crippen LogP contribution in [0.1, 0.15) is 15.9 Å². The van der Waals surface area contributed by atoms with Crippen LogP contribution in [-0.2, 0) is 6.42 Å². The number of carbonyl (C=O) groups is 1. The maximum Gasteiger partial charge on any atom is 0.258 e. The van der Waals surface area contributed by atoms with Gasteiger partial charge in [-0.25, -0.2) is 13.2 Å². The summed E-state index contributed by atoms with van der Waals surface area (Å²) in [7, 11) is 0. The van der Waals surface area contributed by atoms with Gasteiger partial charge in [0, 0.05) is 12.1 Å². The standard InChI is InChI=1S/C15H11F3N2O/c16-10-6-9(7-11(17)13(10)18)15(21)20-5-4-8-2-1-3-12(19)14(8)20/h1-3,6-7H,4-5,19H2. The molecule has 0 spiro atoms. The fourth-order valence-corrected chi connectivity index (χ4v) is 2.52. The van der Waals surface area contributed by atoms with Crippen molar-refractivity contribution in [2.45, 2.75) is 6.42 Å². The molecular formula is C15H11F3N2O. The van der Waals surface area contributed by atoms with E-state index in [1.807, 2.05) is 6.07 Å². The molecule has 0 radical (unpaired) electrons. The molecule has 0 fully saturated rings. The first-order valence-electron chi connectivity index (χ1n) is 6.33. The molecule has 0 unspecified atom stereocenters. The van der Waals surface area contributed by atoms with Crippen LogP contribution < -0.4 is 10.6 Å². The lowest BCUT2D eigenvalue weighted by Crippen LogP contribution is -2.29. The van der Waals surface area contributed by atoms with E-state index in [0.29, 0.717) is 36.5 Å². The first-order valence-corrected chi connectivity index (χ1v) is 6.33. The summed E-state index contributed by atoms with van der Waals surface area (Å²) >= 11 is 0. The minimum Gasteiger partial charge on any atom is -0.397 e. The predicted octanol–water partition coefficient (Wildman–Crippen LogP) is 2.89. The van der Waals surface area contributed by atoms with Gasteiger partial charge >= 0.3 is 0 Å². The van der Waals surface area contributed by atoms with Gasteiger partial charge in [-0.2, -0.15) is 0 Å². The van der Waals surface area contributed by atoms with Crippen LogP contribution in [0, 0.1) is 17.5 Å². The summed E-state index contributed by atoms with van der Waals surface area (Å²) in [5.41, 5.74) is 7.47. The molecule has 2 N–H and O–H groups in total. The van der Waals surface area contributed by atoms with Gasteiger partial charge in [0.25, 0.3) is 5.91 Å². The van der Waals surface area contributed by atoms with Crippen LogP contribution in [0.2, 0.25) is 0 Å². The summed E-state index contributed by atoms with van der Waals surface area (Å²) in [5.74, 6) is -4.98. The molecule has 21 heavy (non-hydrogen) atoms. The number of hydrogen-bond acceptors (Lipinski definition) is 2. The van der Waals surface area contributed by atoms with E-state index in [1.54, 1.807) is 12.1 Å². The second-order valence-corrected chi connectivity index (χ2v) is 4.82. The molecule has 1 heterocycles. The fraction of sp³-hybridized carbons (Fsp3) is 0.133. The van der Waals surface area contributed by atoms with Crippen molar-refractivity contribution in [2.75, 3.05) is 17.2 Å². The number of hydrogen-bond donors (Lipinski definition) is 1. The summed E-state index contributed by atoms with van der Waals surface area (Å²) in [6.45, 7) is 0.364. The van der Waals surface area contributed by atoms with E-state index in [0.717, 1.165) is 5.56 Å². The Hall–Kier alpha value is -2.50. The third-order valence-electron chi connectivity index (χ3n) is 3.50. The molecule has 3 nitrogen and oxygen atoms in total. The lowest BCUT2D eigenvalue weighted by atomic mass is 10.1. The molecule has 2 aromatic rings. The highest BCUT2D eigenvalue weighted by Gasteiger charge is 2.28. The molecule has 6 heteroatoms. The molecule has 108 valence electrons. The topological polar surface area (TPSA) is 46.3 Å². The second kappa shape index (κ2) is 4.80. The van der Waals surface area contributed by atoms with Crippen LogP contribution in [0.3, 0.4) is 0 Å². The van der Waals surface area contributed by atoms with Gasteiger partial charge in [-0.1, -0.05) is 12.1 Å². The van der Waals surface area contributed by atoms with Gasteiger partial charge in [0.15, 0.2) is 17.5 Å². The molecule has 0 aromatic heterocycles. The SMILES string of the molecule is Nc1cccc2c1N(C(=O)c1cc(F)c(F)c(F)c1)CC2. The number of amides is 1. The van der Waals surface area contributed by atoms with Gasteiger partial charge in [-0.3, -0.25) is 4.79 Å². The van der Waals surface area contributed by atoms with Crippen molar-refractivity contribution < 1.29 is 18.0 Å². The maximum atomic E-state index is 13.3. The van der Waals surface area contributed by atoms with E-state index >= 15 is 0 Å². The van der Waals surface area contributed by atoms with Gasteiger partial charge in [-0.15, -0.1) is 0 Å². The van der Waals surface area contributed by atoms with E-state index in [-0.39, 0.29) is 5.56 Å². The van der Waals surface area contributed by atoms with Gasteiger partial charge in [0.2, 0.25) is 0 Å². The molecule has 0 aliphatic carbocycles. The van der Waals surface area contributed by atoms with Crippen LogP contribution in [0.5, 0.6) is 0 Å². The molecule has 2 aromatic carbocycles. The highest BCUT2D eigenvalue weighted by atomic mass is 19.2. The van der Waals surface area contributed by atoms with Gasteiger partial charge in [0.05, 0.1) is 11.4 Å². The molecule has 1 amide bonds. The van der Waals surface area contributed by atoms with Gasteiger partial charge < -0.3 is 10.6 Å². The van der Waals surface area contributed by atoms with E-state index in [2.05, 4.69) is 0 Å². The van der Waals surface area contributed by atoms with Gasteiger partial charge in [0.1, 0.15) is 0 Å². The van der Waals surface area contributed by atoms with Gasteiger partial charge in [-0.05, 0) is 30.2 Å². The van der Waals surface area contributed by atoms with E-state index in [4.69, 9.17) is 5.73 Å². The number of halogens is 3. The van der Waals surface area contributed by atoms with Crippen LogP contribution in [0.15, 0.2) is 30.3 Å². The minimum atomic E-state index is -1.59.